The van der Waals surface area contributed by atoms with E-state index >= 15 is 0 Å². The molecule has 1 unspecified atom stereocenters. The van der Waals surface area contributed by atoms with E-state index in [1.54, 1.807) is 25.1 Å². The lowest BCUT2D eigenvalue weighted by molar-refractivity contribution is 0.101. The molecule has 128 valence electrons. The lowest BCUT2D eigenvalue weighted by atomic mass is 10.0. The molecule has 0 bridgehead atoms. The van der Waals surface area contributed by atoms with Crippen LogP contribution in [0, 0.1) is 11.3 Å². The Morgan fingerprint density at radius 1 is 1.20 bits per heavy atom. The highest BCUT2D eigenvalue weighted by Crippen LogP contribution is 2.26. The third kappa shape index (κ3) is 4.07. The van der Waals surface area contributed by atoms with Gasteiger partial charge in [-0.3, -0.25) is 9.69 Å². The molecular formula is C21H23N3O. The number of carbonyl (C=O) groups is 1. The lowest BCUT2D eigenvalue weighted by Gasteiger charge is -2.28. The summed E-state index contributed by atoms with van der Waals surface area (Å²) in [5.74, 6) is 0.00620. The maximum Gasteiger partial charge on any atom is 0.159 e. The largest absolute Gasteiger partial charge is 0.382 e. The smallest absolute Gasteiger partial charge is 0.159 e. The average molecular weight is 333 g/mol. The molecule has 0 amide bonds. The van der Waals surface area contributed by atoms with Gasteiger partial charge in [-0.1, -0.05) is 30.3 Å². The van der Waals surface area contributed by atoms with Crippen molar-refractivity contribution in [2.45, 2.75) is 25.8 Å². The monoisotopic (exact) mass is 333 g/mol. The lowest BCUT2D eigenvalue weighted by Crippen LogP contribution is -2.31. The summed E-state index contributed by atoms with van der Waals surface area (Å²) in [6, 6.07) is 18.1. The van der Waals surface area contributed by atoms with Gasteiger partial charge in [0.05, 0.1) is 17.3 Å². The highest BCUT2D eigenvalue weighted by molar-refractivity contribution is 5.95. The van der Waals surface area contributed by atoms with Gasteiger partial charge in [0, 0.05) is 12.1 Å². The first-order valence-corrected chi connectivity index (χ1v) is 8.77. The Morgan fingerprint density at radius 2 is 1.92 bits per heavy atom. The number of ketones is 1. The Morgan fingerprint density at radius 3 is 2.56 bits per heavy atom. The number of nitrogens with zero attached hydrogens (tertiary/aromatic N) is 2. The Labute approximate surface area is 149 Å². The summed E-state index contributed by atoms with van der Waals surface area (Å²) in [6.45, 7) is 4.45. The van der Waals surface area contributed by atoms with Crippen molar-refractivity contribution in [3.05, 3.63) is 65.2 Å². The minimum absolute atomic E-state index is 0.00620. The summed E-state index contributed by atoms with van der Waals surface area (Å²) in [5, 5.41) is 12.8. The van der Waals surface area contributed by atoms with Crippen LogP contribution in [0.2, 0.25) is 0 Å². The maximum atomic E-state index is 11.6. The molecule has 2 aromatic carbocycles. The molecule has 1 atom stereocenters. The second-order valence-electron chi connectivity index (χ2n) is 6.48. The van der Waals surface area contributed by atoms with E-state index in [4.69, 9.17) is 0 Å². The van der Waals surface area contributed by atoms with Gasteiger partial charge in [0.15, 0.2) is 5.78 Å². The minimum Gasteiger partial charge on any atom is -0.382 e. The topological polar surface area (TPSA) is 56.1 Å². The third-order valence-corrected chi connectivity index (χ3v) is 4.80. The van der Waals surface area contributed by atoms with Crippen LogP contribution in [-0.4, -0.2) is 30.3 Å². The first-order chi connectivity index (χ1) is 12.2. The van der Waals surface area contributed by atoms with Gasteiger partial charge in [0.1, 0.15) is 6.07 Å². The van der Waals surface area contributed by atoms with Gasteiger partial charge in [0.2, 0.25) is 0 Å². The van der Waals surface area contributed by atoms with Gasteiger partial charge in [-0.05, 0) is 56.6 Å². The molecule has 1 aliphatic rings. The normalized spacial score (nSPS) is 15.5. The van der Waals surface area contributed by atoms with Gasteiger partial charge in [0.25, 0.3) is 0 Å². The summed E-state index contributed by atoms with van der Waals surface area (Å²) in [6.07, 6.45) is 2.46. The van der Waals surface area contributed by atoms with Crippen molar-refractivity contribution in [3.8, 4) is 6.07 Å². The molecule has 2 aromatic rings. The molecular weight excluding hydrogens is 310 g/mol. The van der Waals surface area contributed by atoms with Gasteiger partial charge >= 0.3 is 0 Å². The third-order valence-electron chi connectivity index (χ3n) is 4.80. The number of likely N-dealkylation sites (tertiary alicyclic amines) is 1. The number of hydrogen-bond acceptors (Lipinski definition) is 4. The second kappa shape index (κ2) is 7.96. The van der Waals surface area contributed by atoms with E-state index in [0.29, 0.717) is 17.7 Å². The van der Waals surface area contributed by atoms with Crippen molar-refractivity contribution >= 4 is 11.5 Å². The van der Waals surface area contributed by atoms with Crippen LogP contribution in [-0.2, 0) is 0 Å². The minimum atomic E-state index is 0.00620. The molecule has 1 saturated heterocycles. The highest BCUT2D eigenvalue weighted by atomic mass is 16.1. The van der Waals surface area contributed by atoms with Crippen LogP contribution in [0.3, 0.4) is 0 Å². The zero-order valence-electron chi connectivity index (χ0n) is 14.5. The maximum absolute atomic E-state index is 11.6. The van der Waals surface area contributed by atoms with Crippen molar-refractivity contribution < 1.29 is 4.79 Å². The summed E-state index contributed by atoms with van der Waals surface area (Å²) in [5.41, 5.74) is 3.20. The molecule has 1 fully saturated rings. The van der Waals surface area contributed by atoms with Crippen LogP contribution in [0.15, 0.2) is 48.5 Å². The molecule has 1 heterocycles. The fourth-order valence-corrected chi connectivity index (χ4v) is 3.40. The van der Waals surface area contributed by atoms with Crippen LogP contribution in [0.4, 0.5) is 5.69 Å². The number of anilines is 1. The van der Waals surface area contributed by atoms with Gasteiger partial charge in [-0.25, -0.2) is 0 Å². The number of nitrogens with one attached hydrogen (secondary N) is 1. The van der Waals surface area contributed by atoms with E-state index in [1.165, 1.54) is 18.4 Å². The fraction of sp³-hybridized carbons (Fsp3) is 0.333. The molecule has 0 saturated carbocycles. The summed E-state index contributed by atoms with van der Waals surface area (Å²) in [7, 11) is 0. The van der Waals surface area contributed by atoms with Crippen molar-refractivity contribution in [3.63, 3.8) is 0 Å². The van der Waals surface area contributed by atoms with Crippen LogP contribution in [0.25, 0.3) is 0 Å². The number of Topliss-reactive ketones (excluding diaryl/α,β-unsaturated/α-hetero) is 1. The average Bonchev–Trinajstić information content (AvgIpc) is 3.17. The van der Waals surface area contributed by atoms with Crippen LogP contribution >= 0.6 is 0 Å². The molecule has 0 aromatic heterocycles. The molecule has 1 N–H and O–H groups in total. The zero-order chi connectivity index (χ0) is 17.6. The molecule has 3 rings (SSSR count). The van der Waals surface area contributed by atoms with Gasteiger partial charge < -0.3 is 5.32 Å². The Hall–Kier alpha value is -2.64. The standard InChI is InChI=1S/C21H23N3O/c1-16(25)18-9-10-19(14-22)20(13-18)23-15-21(24-11-5-6-12-24)17-7-3-2-4-8-17/h2-4,7-10,13,21,23H,5-6,11-12,15H2,1H3. The van der Waals surface area contributed by atoms with E-state index in [1.807, 2.05) is 6.07 Å². The highest BCUT2D eigenvalue weighted by Gasteiger charge is 2.23. The Kier molecular flexibility index (Phi) is 5.47. The quantitative estimate of drug-likeness (QED) is 0.812. The van der Waals surface area contributed by atoms with Crippen molar-refractivity contribution in [2.75, 3.05) is 25.0 Å². The van der Waals surface area contributed by atoms with E-state index in [0.717, 1.165) is 18.8 Å². The summed E-state index contributed by atoms with van der Waals surface area (Å²) < 4.78 is 0. The second-order valence-corrected chi connectivity index (χ2v) is 6.48. The number of carbonyl (C=O) groups excluding carboxylic acids is 1. The van der Waals surface area contributed by atoms with Crippen LogP contribution in [0.5, 0.6) is 0 Å². The molecule has 0 aliphatic carbocycles. The molecule has 4 nitrogen and oxygen atoms in total. The zero-order valence-corrected chi connectivity index (χ0v) is 14.5. The molecule has 1 aliphatic heterocycles. The Balaban J connectivity index is 1.83. The van der Waals surface area contributed by atoms with Crippen molar-refractivity contribution in [1.82, 2.24) is 4.90 Å². The molecule has 25 heavy (non-hydrogen) atoms. The summed E-state index contributed by atoms with van der Waals surface area (Å²) in [4.78, 5) is 14.1. The predicted molar refractivity (Wildman–Crippen MR) is 99.6 cm³/mol. The predicted octanol–water partition coefficient (Wildman–Crippen LogP) is 4.01. The number of rotatable bonds is 6. The van der Waals surface area contributed by atoms with E-state index in [2.05, 4.69) is 40.6 Å². The van der Waals surface area contributed by atoms with Gasteiger partial charge in [-0.15, -0.1) is 0 Å². The SMILES string of the molecule is CC(=O)c1ccc(C#N)c(NCC(c2ccccc2)N2CCCC2)c1. The van der Waals surface area contributed by atoms with Crippen molar-refractivity contribution in [2.24, 2.45) is 0 Å². The fourth-order valence-electron chi connectivity index (χ4n) is 3.40. The number of benzene rings is 2. The van der Waals surface area contributed by atoms with E-state index in [9.17, 15) is 10.1 Å². The molecule has 0 radical (unpaired) electrons. The van der Waals surface area contributed by atoms with E-state index in [-0.39, 0.29) is 11.8 Å². The number of nitriles is 1. The van der Waals surface area contributed by atoms with Crippen molar-refractivity contribution in [1.29, 1.82) is 5.26 Å². The summed E-state index contributed by atoms with van der Waals surface area (Å²) >= 11 is 0. The first-order valence-electron chi connectivity index (χ1n) is 8.77. The first kappa shape index (κ1) is 17.2. The molecule has 4 heteroatoms. The molecule has 0 spiro atoms. The van der Waals surface area contributed by atoms with E-state index < -0.39 is 0 Å². The van der Waals surface area contributed by atoms with Gasteiger partial charge in [-0.2, -0.15) is 5.26 Å². The van der Waals surface area contributed by atoms with Crippen LogP contribution in [0.1, 0.15) is 47.3 Å². The number of hydrogen-bond donors (Lipinski definition) is 1. The van der Waals surface area contributed by atoms with Crippen LogP contribution < -0.4 is 5.32 Å². The Bertz CT molecular complexity index is 773.